The summed E-state index contributed by atoms with van der Waals surface area (Å²) in [6.07, 6.45) is 3.05. The molecule has 1 aromatic heterocycles. The maximum atomic E-state index is 14.1. The molecule has 1 heterocycles. The smallest absolute Gasteiger partial charge is 0.228 e. The molecule has 3 aromatic carbocycles. The normalized spacial score (nSPS) is 11.1. The minimum Gasteiger partial charge on any atom is -0.324 e. The van der Waals surface area contributed by atoms with Crippen LogP contribution in [0, 0.1) is 11.6 Å². The topological polar surface area (TPSA) is 42.0 Å². The summed E-state index contributed by atoms with van der Waals surface area (Å²) in [6, 6.07) is 14.8. The minimum absolute atomic E-state index is 0.114. The number of carbonyl (C=O) groups is 1. The number of nitrogens with one attached hydrogen (secondary N) is 1. The number of anilines is 1. The summed E-state index contributed by atoms with van der Waals surface area (Å²) in [4.78, 5) is 17.5. The maximum Gasteiger partial charge on any atom is 0.228 e. The van der Waals surface area contributed by atoms with Gasteiger partial charge in [0.25, 0.3) is 0 Å². The van der Waals surface area contributed by atoms with Crippen LogP contribution in [-0.2, 0) is 24.1 Å². The third kappa shape index (κ3) is 4.74. The van der Waals surface area contributed by atoms with Gasteiger partial charge in [-0.25, -0.2) is 8.78 Å². The number of pyridine rings is 1. The summed E-state index contributed by atoms with van der Waals surface area (Å²) >= 11 is 6.56. The number of rotatable bonds is 6. The highest BCUT2D eigenvalue weighted by molar-refractivity contribution is 6.34. The minimum atomic E-state index is -0.756. The van der Waals surface area contributed by atoms with E-state index in [4.69, 9.17) is 11.6 Å². The van der Waals surface area contributed by atoms with Gasteiger partial charge in [0.15, 0.2) is 0 Å². The second kappa shape index (κ2) is 9.67. The van der Waals surface area contributed by atoms with Crippen LogP contribution in [0.1, 0.15) is 30.5 Å². The fourth-order valence-electron chi connectivity index (χ4n) is 4.00. The van der Waals surface area contributed by atoms with Gasteiger partial charge in [0, 0.05) is 27.6 Å². The van der Waals surface area contributed by atoms with Crippen LogP contribution in [0.15, 0.2) is 60.8 Å². The maximum absolute atomic E-state index is 14.1. The molecule has 4 rings (SSSR count). The molecular weight excluding hydrogens is 442 g/mol. The third-order valence-corrected chi connectivity index (χ3v) is 6.01. The molecular formula is C27H23ClF2N2O. The number of nitrogens with zero attached hydrogens (tertiary/aromatic N) is 1. The monoisotopic (exact) mass is 464 g/mol. The molecule has 0 saturated heterocycles. The highest BCUT2D eigenvalue weighted by atomic mass is 35.5. The quantitative estimate of drug-likeness (QED) is 0.329. The molecule has 0 aliphatic heterocycles. The Labute approximate surface area is 196 Å². The predicted octanol–water partition coefficient (Wildman–Crippen LogP) is 7.14. The Hall–Kier alpha value is -3.31. The molecule has 6 heteroatoms. The van der Waals surface area contributed by atoms with Gasteiger partial charge in [0.2, 0.25) is 5.91 Å². The number of benzene rings is 3. The van der Waals surface area contributed by atoms with Gasteiger partial charge >= 0.3 is 0 Å². The first kappa shape index (κ1) is 22.9. The Morgan fingerprint density at radius 1 is 1.00 bits per heavy atom. The zero-order valence-corrected chi connectivity index (χ0v) is 19.1. The van der Waals surface area contributed by atoms with Crippen LogP contribution >= 0.6 is 11.6 Å². The lowest BCUT2D eigenvalue weighted by Gasteiger charge is -2.17. The van der Waals surface area contributed by atoms with E-state index in [2.05, 4.69) is 36.3 Å². The zero-order valence-electron chi connectivity index (χ0n) is 18.4. The third-order valence-electron chi connectivity index (χ3n) is 5.68. The van der Waals surface area contributed by atoms with Gasteiger partial charge in [-0.15, -0.1) is 0 Å². The Morgan fingerprint density at radius 2 is 1.79 bits per heavy atom. The lowest BCUT2D eigenvalue weighted by atomic mass is 9.94. The number of hydrogen-bond donors (Lipinski definition) is 1. The fraction of sp³-hybridized carbons (Fsp3) is 0.185. The molecule has 1 amide bonds. The number of halogens is 3. The summed E-state index contributed by atoms with van der Waals surface area (Å²) in [7, 11) is 0. The van der Waals surface area contributed by atoms with Crippen molar-refractivity contribution in [3.05, 3.63) is 94.1 Å². The highest BCUT2D eigenvalue weighted by Crippen LogP contribution is 2.39. The molecule has 0 aliphatic rings. The van der Waals surface area contributed by atoms with E-state index in [1.807, 2.05) is 18.2 Å². The Balaban J connectivity index is 1.84. The molecule has 0 bridgehead atoms. The van der Waals surface area contributed by atoms with E-state index < -0.39 is 17.5 Å². The van der Waals surface area contributed by atoms with E-state index in [0.717, 1.165) is 58.1 Å². The molecule has 4 aromatic rings. The molecule has 168 valence electrons. The molecule has 0 spiro atoms. The number of amides is 1. The van der Waals surface area contributed by atoms with Crippen molar-refractivity contribution in [3.8, 4) is 11.1 Å². The van der Waals surface area contributed by atoms with Crippen molar-refractivity contribution in [1.29, 1.82) is 0 Å². The van der Waals surface area contributed by atoms with Crippen LogP contribution in [0.25, 0.3) is 22.0 Å². The molecule has 0 saturated carbocycles. The van der Waals surface area contributed by atoms with Gasteiger partial charge in [-0.05, 0) is 47.7 Å². The van der Waals surface area contributed by atoms with Gasteiger partial charge in [0.1, 0.15) is 11.6 Å². The van der Waals surface area contributed by atoms with Crippen molar-refractivity contribution >= 4 is 34.1 Å². The molecule has 1 N–H and O–H groups in total. The largest absolute Gasteiger partial charge is 0.324 e. The van der Waals surface area contributed by atoms with Crippen LogP contribution in [0.4, 0.5) is 14.5 Å². The summed E-state index contributed by atoms with van der Waals surface area (Å²) in [5, 5.41) is 4.31. The van der Waals surface area contributed by atoms with E-state index in [9.17, 15) is 13.6 Å². The second-order valence-electron chi connectivity index (χ2n) is 7.85. The van der Waals surface area contributed by atoms with Crippen LogP contribution in [0.2, 0.25) is 5.02 Å². The summed E-state index contributed by atoms with van der Waals surface area (Å²) < 4.78 is 27.3. The molecule has 0 radical (unpaired) electrons. The van der Waals surface area contributed by atoms with Crippen molar-refractivity contribution in [2.45, 2.75) is 33.1 Å². The van der Waals surface area contributed by atoms with Crippen molar-refractivity contribution in [3.63, 3.8) is 0 Å². The van der Waals surface area contributed by atoms with Crippen molar-refractivity contribution < 1.29 is 13.6 Å². The second-order valence-corrected chi connectivity index (χ2v) is 8.25. The fourth-order valence-corrected chi connectivity index (χ4v) is 4.23. The van der Waals surface area contributed by atoms with Gasteiger partial charge in [-0.2, -0.15) is 0 Å². The first-order valence-electron chi connectivity index (χ1n) is 10.8. The lowest BCUT2D eigenvalue weighted by Crippen LogP contribution is -2.16. The number of carbonyl (C=O) groups excluding carboxylic acids is 1. The van der Waals surface area contributed by atoms with E-state index in [1.54, 1.807) is 12.3 Å². The number of aryl methyl sites for hydroxylation is 2. The van der Waals surface area contributed by atoms with Crippen LogP contribution in [0.3, 0.4) is 0 Å². The molecule has 3 nitrogen and oxygen atoms in total. The lowest BCUT2D eigenvalue weighted by molar-refractivity contribution is -0.115. The van der Waals surface area contributed by atoms with Crippen molar-refractivity contribution in [2.75, 3.05) is 5.32 Å². The summed E-state index contributed by atoms with van der Waals surface area (Å²) in [5.41, 5.74) is 5.26. The molecule has 0 unspecified atom stereocenters. The predicted molar refractivity (Wildman–Crippen MR) is 130 cm³/mol. The Kier molecular flexibility index (Phi) is 6.70. The van der Waals surface area contributed by atoms with Gasteiger partial charge in [-0.1, -0.05) is 55.8 Å². The zero-order chi connectivity index (χ0) is 23.5. The molecule has 33 heavy (non-hydrogen) atoms. The van der Waals surface area contributed by atoms with Crippen molar-refractivity contribution in [2.24, 2.45) is 0 Å². The first-order chi connectivity index (χ1) is 15.9. The molecule has 0 atom stereocenters. The SMILES string of the molecule is CCc1cc(CC)c2ncc(NC(=O)Cc3ccc(F)cc3F)c(-c3ccccc3Cl)c2c1. The van der Waals surface area contributed by atoms with Gasteiger partial charge < -0.3 is 5.32 Å². The highest BCUT2D eigenvalue weighted by Gasteiger charge is 2.18. The molecule has 0 aliphatic carbocycles. The van der Waals surface area contributed by atoms with Crippen LogP contribution in [-0.4, -0.2) is 10.9 Å². The van der Waals surface area contributed by atoms with E-state index in [-0.39, 0.29) is 12.0 Å². The summed E-state index contributed by atoms with van der Waals surface area (Å²) in [6.45, 7) is 4.17. The van der Waals surface area contributed by atoms with Crippen LogP contribution < -0.4 is 5.32 Å². The number of aromatic nitrogens is 1. The van der Waals surface area contributed by atoms with E-state index in [1.165, 1.54) is 6.07 Å². The average Bonchev–Trinajstić information content (AvgIpc) is 2.80. The number of fused-ring (bicyclic) bond motifs is 1. The van der Waals surface area contributed by atoms with Gasteiger partial charge in [-0.3, -0.25) is 9.78 Å². The van der Waals surface area contributed by atoms with Crippen LogP contribution in [0.5, 0.6) is 0 Å². The van der Waals surface area contributed by atoms with E-state index >= 15 is 0 Å². The van der Waals surface area contributed by atoms with Gasteiger partial charge in [0.05, 0.1) is 23.8 Å². The van der Waals surface area contributed by atoms with E-state index in [0.29, 0.717) is 10.7 Å². The summed E-state index contributed by atoms with van der Waals surface area (Å²) in [5.74, 6) is -1.87. The Morgan fingerprint density at radius 3 is 2.48 bits per heavy atom. The first-order valence-corrected chi connectivity index (χ1v) is 11.2. The average molecular weight is 465 g/mol. The standard InChI is InChI=1S/C27H23ClF2N2O/c1-3-16-11-17(4-2)27-21(12-16)26(20-7-5-6-8-22(20)28)24(15-31-27)32-25(33)13-18-9-10-19(29)14-23(18)30/h5-12,14-15H,3-4,13H2,1-2H3,(H,32,33). The Bertz CT molecular complexity index is 1350. The van der Waals surface area contributed by atoms with Crippen molar-refractivity contribution in [1.82, 2.24) is 4.98 Å². The molecule has 0 fully saturated rings. The number of hydrogen-bond acceptors (Lipinski definition) is 2.